The number of carbonyl (C=O) groups excluding carboxylic acids is 1. The van der Waals surface area contributed by atoms with Crippen LogP contribution in [-0.2, 0) is 4.79 Å². The highest BCUT2D eigenvalue weighted by Gasteiger charge is 2.57. The van der Waals surface area contributed by atoms with Gasteiger partial charge in [-0.15, -0.1) is 0 Å². The fraction of sp³-hybridized carbons (Fsp3) is 0.842. The molecule has 0 aromatic rings. The predicted molar refractivity (Wildman–Crippen MR) is 82.7 cm³/mol. The van der Waals surface area contributed by atoms with Gasteiger partial charge in [-0.1, -0.05) is 25.5 Å². The molecule has 0 aliphatic heterocycles. The van der Waals surface area contributed by atoms with Gasteiger partial charge in [-0.05, 0) is 61.7 Å². The first-order chi connectivity index (χ1) is 9.95. The number of hydrogen-bond donors (Lipinski definition) is 1. The van der Waals surface area contributed by atoms with Gasteiger partial charge in [-0.25, -0.2) is 0 Å². The topological polar surface area (TPSA) is 37.3 Å². The van der Waals surface area contributed by atoms with E-state index < -0.39 is 0 Å². The average molecular weight is 288 g/mol. The highest BCUT2D eigenvalue weighted by molar-refractivity contribution is 5.79. The van der Waals surface area contributed by atoms with Gasteiger partial charge in [0.25, 0.3) is 0 Å². The monoisotopic (exact) mass is 288 g/mol. The van der Waals surface area contributed by atoms with Gasteiger partial charge in [0.2, 0.25) is 0 Å². The lowest BCUT2D eigenvalue weighted by Gasteiger charge is -2.56. The normalized spacial score (nSPS) is 52.7. The Morgan fingerprint density at radius 3 is 2.67 bits per heavy atom. The van der Waals surface area contributed by atoms with E-state index in [2.05, 4.69) is 19.9 Å². The van der Waals surface area contributed by atoms with E-state index in [1.807, 2.05) is 0 Å². The lowest BCUT2D eigenvalue weighted by Crippen LogP contribution is -2.49. The molecular formula is C19H28O2. The molecule has 0 bridgehead atoms. The molecule has 0 amide bonds. The number of carbonyl (C=O) groups is 1. The second-order valence-electron chi connectivity index (χ2n) is 8.63. The largest absolute Gasteiger partial charge is 0.393 e. The highest BCUT2D eigenvalue weighted by atomic mass is 16.3. The maximum Gasteiger partial charge on any atom is 0.133 e. The van der Waals surface area contributed by atoms with Gasteiger partial charge in [0, 0.05) is 18.3 Å². The second-order valence-corrected chi connectivity index (χ2v) is 8.63. The molecule has 21 heavy (non-hydrogen) atoms. The van der Waals surface area contributed by atoms with E-state index in [0.717, 1.165) is 38.5 Å². The van der Waals surface area contributed by atoms with Gasteiger partial charge in [-0.2, -0.15) is 0 Å². The van der Waals surface area contributed by atoms with Crippen molar-refractivity contribution in [1.82, 2.24) is 0 Å². The van der Waals surface area contributed by atoms with Crippen molar-refractivity contribution in [3.8, 4) is 0 Å². The van der Waals surface area contributed by atoms with Crippen LogP contribution in [0.5, 0.6) is 0 Å². The zero-order valence-electron chi connectivity index (χ0n) is 13.4. The van der Waals surface area contributed by atoms with Gasteiger partial charge in [0.15, 0.2) is 0 Å². The first-order valence-electron chi connectivity index (χ1n) is 8.85. The van der Waals surface area contributed by atoms with E-state index in [-0.39, 0.29) is 11.5 Å². The molecule has 116 valence electrons. The number of Topliss-reactive ketones (excluding diaryl/α,β-unsaturated/α-hetero) is 1. The van der Waals surface area contributed by atoms with Gasteiger partial charge in [-0.3, -0.25) is 4.79 Å². The Labute approximate surface area is 128 Å². The average Bonchev–Trinajstić information content (AvgIpc) is 2.76. The minimum atomic E-state index is -0.109. The number of hydrogen-bond acceptors (Lipinski definition) is 2. The summed E-state index contributed by atoms with van der Waals surface area (Å²) < 4.78 is 0. The van der Waals surface area contributed by atoms with Crippen LogP contribution in [0.1, 0.15) is 65.2 Å². The summed E-state index contributed by atoms with van der Waals surface area (Å²) in [5, 5.41) is 10.4. The summed E-state index contributed by atoms with van der Waals surface area (Å²) in [5.41, 5.74) is 2.12. The van der Waals surface area contributed by atoms with Crippen LogP contribution < -0.4 is 0 Å². The van der Waals surface area contributed by atoms with Crippen molar-refractivity contribution in [3.05, 3.63) is 11.6 Å². The third-order valence-corrected chi connectivity index (χ3v) is 7.85. The van der Waals surface area contributed by atoms with E-state index in [1.165, 1.54) is 12.8 Å². The highest BCUT2D eigenvalue weighted by Crippen LogP contribution is 2.64. The van der Waals surface area contributed by atoms with Gasteiger partial charge < -0.3 is 5.11 Å². The van der Waals surface area contributed by atoms with Crippen LogP contribution in [0.3, 0.4) is 0 Å². The number of aliphatic hydroxyl groups excluding tert-OH is 1. The summed E-state index contributed by atoms with van der Waals surface area (Å²) in [4.78, 5) is 11.8. The maximum atomic E-state index is 11.8. The Morgan fingerprint density at radius 2 is 1.86 bits per heavy atom. The molecule has 3 fully saturated rings. The van der Waals surface area contributed by atoms with Crippen molar-refractivity contribution in [2.24, 2.45) is 28.6 Å². The fourth-order valence-corrected chi connectivity index (χ4v) is 6.28. The minimum Gasteiger partial charge on any atom is -0.393 e. The van der Waals surface area contributed by atoms with E-state index in [1.54, 1.807) is 5.57 Å². The lowest BCUT2D eigenvalue weighted by atomic mass is 9.48. The SMILES string of the molecule is C[C@]12CCC(=O)CC1CC=C1[C@H]2CC[C@]2(C)C(O)CC[C@@H]12. The molecule has 0 aromatic carbocycles. The number of allylic oxidation sites excluding steroid dienone is 2. The zero-order valence-corrected chi connectivity index (χ0v) is 13.4. The first kappa shape index (κ1) is 14.0. The van der Waals surface area contributed by atoms with E-state index in [4.69, 9.17) is 0 Å². The molecule has 3 saturated carbocycles. The molecule has 0 radical (unpaired) electrons. The Hall–Kier alpha value is -0.630. The molecule has 0 heterocycles. The number of fused-ring (bicyclic) bond motifs is 5. The summed E-state index contributed by atoms with van der Waals surface area (Å²) >= 11 is 0. The van der Waals surface area contributed by atoms with Crippen molar-refractivity contribution >= 4 is 5.78 Å². The third kappa shape index (κ3) is 1.78. The first-order valence-corrected chi connectivity index (χ1v) is 8.85. The summed E-state index contributed by atoms with van der Waals surface area (Å²) in [7, 11) is 0. The molecule has 0 spiro atoms. The maximum absolute atomic E-state index is 11.8. The molecule has 2 heteroatoms. The Morgan fingerprint density at radius 1 is 1.10 bits per heavy atom. The minimum absolute atomic E-state index is 0.109. The molecule has 6 atom stereocenters. The molecule has 0 aromatic heterocycles. The van der Waals surface area contributed by atoms with Gasteiger partial charge in [0.1, 0.15) is 5.78 Å². The standard InChI is InChI=1S/C19H28O2/c1-18-9-7-13(20)11-12(18)3-4-14-15-5-6-17(21)19(15,2)10-8-16(14)18/h4,12,15-17,21H,3,5-11H2,1-2H3/t12?,15-,16+,17?,18-,19-/m0/s1. The molecule has 4 aliphatic rings. The lowest BCUT2D eigenvalue weighted by molar-refractivity contribution is -0.127. The number of rotatable bonds is 0. The van der Waals surface area contributed by atoms with Crippen molar-refractivity contribution in [2.45, 2.75) is 71.3 Å². The fourth-order valence-electron chi connectivity index (χ4n) is 6.28. The molecule has 4 aliphatic carbocycles. The molecule has 0 saturated heterocycles. The van der Waals surface area contributed by atoms with Crippen LogP contribution in [0.4, 0.5) is 0 Å². The van der Waals surface area contributed by atoms with Crippen LogP contribution in [0.2, 0.25) is 0 Å². The summed E-state index contributed by atoms with van der Waals surface area (Å²) in [5.74, 6) is 2.32. The zero-order chi connectivity index (χ0) is 14.8. The Bertz CT molecular complexity index is 508. The summed E-state index contributed by atoms with van der Waals surface area (Å²) in [6, 6.07) is 0. The van der Waals surface area contributed by atoms with Crippen molar-refractivity contribution in [1.29, 1.82) is 0 Å². The molecule has 1 N–H and O–H groups in total. The van der Waals surface area contributed by atoms with Crippen molar-refractivity contribution < 1.29 is 9.90 Å². The van der Waals surface area contributed by atoms with Gasteiger partial charge in [0.05, 0.1) is 6.10 Å². The van der Waals surface area contributed by atoms with E-state index >= 15 is 0 Å². The second kappa shape index (κ2) is 4.44. The smallest absolute Gasteiger partial charge is 0.133 e. The van der Waals surface area contributed by atoms with E-state index in [0.29, 0.717) is 29.0 Å². The van der Waals surface area contributed by atoms with Crippen molar-refractivity contribution in [3.63, 3.8) is 0 Å². The van der Waals surface area contributed by atoms with Crippen molar-refractivity contribution in [2.75, 3.05) is 0 Å². The Balaban J connectivity index is 1.70. The number of ketones is 1. The predicted octanol–water partition coefficient (Wildman–Crippen LogP) is 3.88. The molecule has 4 rings (SSSR count). The van der Waals surface area contributed by atoms with Crippen LogP contribution in [0.25, 0.3) is 0 Å². The Kier molecular flexibility index (Phi) is 2.96. The third-order valence-electron chi connectivity index (χ3n) is 7.85. The van der Waals surface area contributed by atoms with E-state index in [9.17, 15) is 9.90 Å². The van der Waals surface area contributed by atoms with Crippen LogP contribution in [0.15, 0.2) is 11.6 Å². The summed E-state index contributed by atoms with van der Waals surface area (Å²) in [6.07, 6.45) is 10.7. The quantitative estimate of drug-likeness (QED) is 0.687. The van der Waals surface area contributed by atoms with Gasteiger partial charge >= 0.3 is 0 Å². The molecular weight excluding hydrogens is 260 g/mol. The molecule has 2 nitrogen and oxygen atoms in total. The summed E-state index contributed by atoms with van der Waals surface area (Å²) in [6.45, 7) is 4.76. The van der Waals surface area contributed by atoms with Crippen LogP contribution in [0, 0.1) is 28.6 Å². The molecule has 2 unspecified atom stereocenters. The number of aliphatic hydroxyl groups is 1. The van der Waals surface area contributed by atoms with Crippen LogP contribution >= 0.6 is 0 Å². The van der Waals surface area contributed by atoms with Crippen LogP contribution in [-0.4, -0.2) is 17.0 Å².